The minimum absolute atomic E-state index is 0.177. The van der Waals surface area contributed by atoms with Crippen LogP contribution in [-0.4, -0.2) is 43.0 Å². The summed E-state index contributed by atoms with van der Waals surface area (Å²) in [5.41, 5.74) is -0.944. The zero-order valence-electron chi connectivity index (χ0n) is 12.4. The first-order chi connectivity index (χ1) is 10.9. The predicted molar refractivity (Wildman–Crippen MR) is 75.8 cm³/mol. The van der Waals surface area contributed by atoms with E-state index in [4.69, 9.17) is 4.74 Å². The highest BCUT2D eigenvalue weighted by molar-refractivity contribution is 5.85. The Labute approximate surface area is 131 Å². The fourth-order valence-corrected chi connectivity index (χ4v) is 2.27. The molecule has 0 aromatic heterocycles. The molecule has 0 radical (unpaired) electrons. The van der Waals surface area contributed by atoms with E-state index in [1.807, 2.05) is 0 Å². The van der Waals surface area contributed by atoms with E-state index < -0.39 is 30.0 Å². The lowest BCUT2D eigenvalue weighted by Gasteiger charge is -2.16. The first-order valence-electron chi connectivity index (χ1n) is 7.21. The van der Waals surface area contributed by atoms with Crippen LogP contribution in [0, 0.1) is 0 Å². The van der Waals surface area contributed by atoms with Gasteiger partial charge in [-0.3, -0.25) is 9.59 Å². The third-order valence-corrected chi connectivity index (χ3v) is 3.45. The molecule has 1 aromatic carbocycles. The maximum Gasteiger partial charge on any atom is 0.419 e. The SMILES string of the molecule is O=C(COc1ccccc1C(F)(F)F)NCC(=O)N1CCCC1. The van der Waals surface area contributed by atoms with E-state index >= 15 is 0 Å². The van der Waals surface area contributed by atoms with Crippen molar-refractivity contribution in [3.05, 3.63) is 29.8 Å². The Morgan fingerprint density at radius 1 is 1.17 bits per heavy atom. The van der Waals surface area contributed by atoms with Crippen LogP contribution in [0.5, 0.6) is 5.75 Å². The number of benzene rings is 1. The standard InChI is InChI=1S/C15H17F3N2O3/c16-15(17,18)11-5-1-2-6-12(11)23-10-13(21)19-9-14(22)20-7-3-4-8-20/h1-2,5-6H,3-4,7-10H2,(H,19,21). The highest BCUT2D eigenvalue weighted by Crippen LogP contribution is 2.35. The number of carbonyl (C=O) groups is 2. The third-order valence-electron chi connectivity index (χ3n) is 3.45. The van der Waals surface area contributed by atoms with E-state index in [2.05, 4.69) is 5.32 Å². The predicted octanol–water partition coefficient (Wildman–Crippen LogP) is 1.82. The van der Waals surface area contributed by atoms with Gasteiger partial charge in [0.05, 0.1) is 12.1 Å². The molecule has 0 unspecified atom stereocenters. The Morgan fingerprint density at radius 3 is 2.48 bits per heavy atom. The van der Waals surface area contributed by atoms with Gasteiger partial charge in [-0.2, -0.15) is 13.2 Å². The summed E-state index contributed by atoms with van der Waals surface area (Å²) in [6.07, 6.45) is -2.67. The fraction of sp³-hybridized carbons (Fsp3) is 0.467. The van der Waals surface area contributed by atoms with E-state index in [-0.39, 0.29) is 12.5 Å². The lowest BCUT2D eigenvalue weighted by molar-refractivity contribution is -0.139. The normalized spacial score (nSPS) is 14.7. The Bertz CT molecular complexity index is 569. The second kappa shape index (κ2) is 7.34. The molecule has 1 N–H and O–H groups in total. The molecule has 0 aliphatic carbocycles. The quantitative estimate of drug-likeness (QED) is 0.896. The number of para-hydroxylation sites is 1. The number of nitrogens with zero attached hydrogens (tertiary/aromatic N) is 1. The van der Waals surface area contributed by atoms with Gasteiger partial charge in [-0.1, -0.05) is 12.1 Å². The molecule has 5 nitrogen and oxygen atoms in total. The van der Waals surface area contributed by atoms with E-state index in [1.54, 1.807) is 4.90 Å². The zero-order chi connectivity index (χ0) is 16.9. The summed E-state index contributed by atoms with van der Waals surface area (Å²) in [6.45, 7) is 0.581. The van der Waals surface area contributed by atoms with E-state index in [1.165, 1.54) is 12.1 Å². The summed E-state index contributed by atoms with van der Waals surface area (Å²) >= 11 is 0. The molecule has 1 aromatic rings. The molecule has 1 aliphatic heterocycles. The van der Waals surface area contributed by atoms with Crippen molar-refractivity contribution in [3.63, 3.8) is 0 Å². The molecule has 8 heteroatoms. The second-order valence-electron chi connectivity index (χ2n) is 5.15. The third kappa shape index (κ3) is 4.87. The minimum Gasteiger partial charge on any atom is -0.483 e. The van der Waals surface area contributed by atoms with Crippen molar-refractivity contribution in [2.75, 3.05) is 26.2 Å². The molecule has 1 fully saturated rings. The van der Waals surface area contributed by atoms with Crippen molar-refractivity contribution in [1.82, 2.24) is 10.2 Å². The monoisotopic (exact) mass is 330 g/mol. The van der Waals surface area contributed by atoms with Crippen LogP contribution in [0.15, 0.2) is 24.3 Å². The number of carbonyl (C=O) groups excluding carboxylic acids is 2. The molecule has 1 heterocycles. The van der Waals surface area contributed by atoms with Crippen molar-refractivity contribution < 1.29 is 27.5 Å². The first-order valence-corrected chi connectivity index (χ1v) is 7.21. The summed E-state index contributed by atoms with van der Waals surface area (Å²) in [5.74, 6) is -1.26. The van der Waals surface area contributed by atoms with Gasteiger partial charge in [0.15, 0.2) is 6.61 Å². The molecule has 0 spiro atoms. The van der Waals surface area contributed by atoms with Gasteiger partial charge < -0.3 is 15.0 Å². The number of nitrogens with one attached hydrogen (secondary N) is 1. The average Bonchev–Trinajstić information content (AvgIpc) is 3.04. The Hall–Kier alpha value is -2.25. The Morgan fingerprint density at radius 2 is 1.83 bits per heavy atom. The smallest absolute Gasteiger partial charge is 0.419 e. The molecular weight excluding hydrogens is 313 g/mol. The molecule has 0 saturated carbocycles. The van der Waals surface area contributed by atoms with Crippen LogP contribution in [0.1, 0.15) is 18.4 Å². The molecular formula is C15H17F3N2O3. The maximum atomic E-state index is 12.8. The van der Waals surface area contributed by atoms with Crippen molar-refractivity contribution in [2.24, 2.45) is 0 Å². The van der Waals surface area contributed by atoms with Crippen LogP contribution >= 0.6 is 0 Å². The lowest BCUT2D eigenvalue weighted by Crippen LogP contribution is -2.40. The number of alkyl halides is 3. The number of halogens is 3. The van der Waals surface area contributed by atoms with Gasteiger partial charge in [-0.25, -0.2) is 0 Å². The summed E-state index contributed by atoms with van der Waals surface area (Å²) in [5, 5.41) is 2.35. The van der Waals surface area contributed by atoms with Crippen LogP contribution in [0.2, 0.25) is 0 Å². The second-order valence-corrected chi connectivity index (χ2v) is 5.15. The largest absolute Gasteiger partial charge is 0.483 e. The van der Waals surface area contributed by atoms with Gasteiger partial charge >= 0.3 is 6.18 Å². The first kappa shape index (κ1) is 17.1. The van der Waals surface area contributed by atoms with E-state index in [0.29, 0.717) is 13.1 Å². The highest BCUT2D eigenvalue weighted by Gasteiger charge is 2.34. The summed E-state index contributed by atoms with van der Waals surface area (Å²) in [7, 11) is 0. The van der Waals surface area contributed by atoms with Gasteiger partial charge in [0.2, 0.25) is 5.91 Å². The topological polar surface area (TPSA) is 58.6 Å². The van der Waals surface area contributed by atoms with Crippen molar-refractivity contribution in [2.45, 2.75) is 19.0 Å². The van der Waals surface area contributed by atoms with Gasteiger partial charge in [-0.15, -0.1) is 0 Å². The van der Waals surface area contributed by atoms with Crippen molar-refractivity contribution >= 4 is 11.8 Å². The zero-order valence-corrected chi connectivity index (χ0v) is 12.4. The van der Waals surface area contributed by atoms with Crippen molar-refractivity contribution in [1.29, 1.82) is 0 Å². The number of hydrogen-bond donors (Lipinski definition) is 1. The molecule has 2 amide bonds. The van der Waals surface area contributed by atoms with Crippen LogP contribution in [0.25, 0.3) is 0 Å². The van der Waals surface area contributed by atoms with Gasteiger partial charge in [0, 0.05) is 13.1 Å². The fourth-order valence-electron chi connectivity index (χ4n) is 2.27. The van der Waals surface area contributed by atoms with Crippen molar-refractivity contribution in [3.8, 4) is 5.75 Å². The van der Waals surface area contributed by atoms with E-state index in [9.17, 15) is 22.8 Å². The lowest BCUT2D eigenvalue weighted by atomic mass is 10.2. The highest BCUT2D eigenvalue weighted by atomic mass is 19.4. The number of ether oxygens (including phenoxy) is 1. The van der Waals surface area contributed by atoms with Crippen LogP contribution in [0.3, 0.4) is 0 Å². The molecule has 2 rings (SSSR count). The Balaban J connectivity index is 1.82. The summed E-state index contributed by atoms with van der Waals surface area (Å²) < 4.78 is 43.2. The van der Waals surface area contributed by atoms with Gasteiger partial charge in [0.25, 0.3) is 5.91 Å². The molecule has 1 saturated heterocycles. The number of rotatable bonds is 5. The molecule has 126 valence electrons. The number of likely N-dealkylation sites (tertiary alicyclic amines) is 1. The van der Waals surface area contributed by atoms with Crippen LogP contribution in [-0.2, 0) is 15.8 Å². The maximum absolute atomic E-state index is 12.8. The van der Waals surface area contributed by atoms with Crippen LogP contribution in [0.4, 0.5) is 13.2 Å². The van der Waals surface area contributed by atoms with Gasteiger partial charge in [0.1, 0.15) is 5.75 Å². The average molecular weight is 330 g/mol. The minimum atomic E-state index is -4.56. The van der Waals surface area contributed by atoms with E-state index in [0.717, 1.165) is 25.0 Å². The van der Waals surface area contributed by atoms with Gasteiger partial charge in [-0.05, 0) is 25.0 Å². The number of amides is 2. The Kier molecular flexibility index (Phi) is 5.46. The number of hydrogen-bond acceptors (Lipinski definition) is 3. The summed E-state index contributed by atoms with van der Waals surface area (Å²) in [6, 6.07) is 4.65. The molecule has 1 aliphatic rings. The molecule has 0 bridgehead atoms. The van der Waals surface area contributed by atoms with Crippen LogP contribution < -0.4 is 10.1 Å². The molecule has 0 atom stereocenters. The summed E-state index contributed by atoms with van der Waals surface area (Å²) in [4.78, 5) is 25.0. The molecule has 23 heavy (non-hydrogen) atoms.